The van der Waals surface area contributed by atoms with E-state index in [0.29, 0.717) is 0 Å². The normalized spacial score (nSPS) is 13.6. The topological polar surface area (TPSA) is 30.7 Å². The number of rotatable bonds is 3. The van der Waals surface area contributed by atoms with Crippen LogP contribution in [0.1, 0.15) is 33.6 Å². The van der Waals surface area contributed by atoms with Crippen molar-refractivity contribution in [2.75, 3.05) is 0 Å². The summed E-state index contributed by atoms with van der Waals surface area (Å²) in [6, 6.07) is 55.5. The van der Waals surface area contributed by atoms with Gasteiger partial charge < -0.3 is 0 Å². The first kappa shape index (κ1) is 28.3. The highest BCUT2D eigenvalue weighted by Gasteiger charge is 2.50. The van der Waals surface area contributed by atoms with Crippen LogP contribution in [0.15, 0.2) is 161 Å². The number of para-hydroxylation sites is 2. The number of hydrogen-bond acceptors (Lipinski definition) is 3. The van der Waals surface area contributed by atoms with E-state index in [0.717, 1.165) is 39.5 Å². The predicted molar refractivity (Wildman–Crippen MR) is 201 cm³/mol. The highest BCUT2D eigenvalue weighted by molar-refractivity contribution is 7.99. The van der Waals surface area contributed by atoms with Crippen LogP contribution in [0.3, 0.4) is 0 Å². The minimum absolute atomic E-state index is 0.384. The van der Waals surface area contributed by atoms with E-state index in [2.05, 4.69) is 163 Å². The van der Waals surface area contributed by atoms with Crippen LogP contribution in [-0.2, 0) is 5.41 Å². The quantitative estimate of drug-likeness (QED) is 0.192. The summed E-state index contributed by atoms with van der Waals surface area (Å²) in [4.78, 5) is 12.5. The molecule has 8 aromatic rings. The van der Waals surface area contributed by atoms with Gasteiger partial charge in [0.2, 0.25) is 0 Å². The molecule has 10 rings (SSSR count). The Kier molecular flexibility index (Phi) is 6.15. The van der Waals surface area contributed by atoms with E-state index < -0.39 is 0 Å². The second-order valence-electron chi connectivity index (χ2n) is 13.0. The molecule has 0 atom stereocenters. The molecular formula is C45H31N3S. The van der Waals surface area contributed by atoms with Crippen LogP contribution in [0.2, 0.25) is 0 Å². The first-order chi connectivity index (χ1) is 24.1. The van der Waals surface area contributed by atoms with Crippen molar-refractivity contribution in [3.05, 3.63) is 185 Å². The molecule has 3 heterocycles. The summed E-state index contributed by atoms with van der Waals surface area (Å²) in [6.07, 6.45) is 0. The SMILES string of the molecule is Cc1ccc(-c2nc3ccccc3n2-c2ccc(-c3cccc4c3Sc3ccccc3C43c4ccccc4-c4ccccc43)cc2)c(C)n1. The molecule has 49 heavy (non-hydrogen) atoms. The number of aryl methyl sites for hydroxylation is 2. The number of aromatic nitrogens is 3. The summed E-state index contributed by atoms with van der Waals surface area (Å²) < 4.78 is 2.27. The molecule has 3 nitrogen and oxygen atoms in total. The molecule has 0 unspecified atom stereocenters. The third-order valence-electron chi connectivity index (χ3n) is 10.3. The first-order valence-corrected chi connectivity index (χ1v) is 17.6. The number of hydrogen-bond donors (Lipinski definition) is 0. The van der Waals surface area contributed by atoms with Crippen molar-refractivity contribution in [3.8, 4) is 39.3 Å². The van der Waals surface area contributed by atoms with Gasteiger partial charge in [-0.2, -0.15) is 0 Å². The fourth-order valence-electron chi connectivity index (χ4n) is 8.29. The fraction of sp³-hybridized carbons (Fsp3) is 0.0667. The van der Waals surface area contributed by atoms with Crippen LogP contribution in [0.25, 0.3) is 50.4 Å². The molecule has 0 saturated carbocycles. The molecular weight excluding hydrogens is 615 g/mol. The van der Waals surface area contributed by atoms with Gasteiger partial charge in [0, 0.05) is 32.4 Å². The lowest BCUT2D eigenvalue weighted by atomic mass is 9.67. The lowest BCUT2D eigenvalue weighted by Gasteiger charge is -2.40. The Bertz CT molecular complexity index is 2570. The van der Waals surface area contributed by atoms with Crippen LogP contribution in [-0.4, -0.2) is 14.5 Å². The van der Waals surface area contributed by atoms with Gasteiger partial charge in [0.05, 0.1) is 16.4 Å². The van der Waals surface area contributed by atoms with E-state index in [-0.39, 0.29) is 5.41 Å². The van der Waals surface area contributed by atoms with E-state index in [9.17, 15) is 0 Å². The molecule has 2 aromatic heterocycles. The monoisotopic (exact) mass is 645 g/mol. The number of benzene rings is 6. The van der Waals surface area contributed by atoms with Crippen LogP contribution >= 0.6 is 11.8 Å². The summed E-state index contributed by atoms with van der Waals surface area (Å²) in [5.74, 6) is 0.906. The number of nitrogens with zero attached hydrogens (tertiary/aromatic N) is 3. The van der Waals surface area contributed by atoms with Crippen molar-refractivity contribution < 1.29 is 0 Å². The molecule has 232 valence electrons. The van der Waals surface area contributed by atoms with E-state index in [1.54, 1.807) is 0 Å². The fourth-order valence-corrected chi connectivity index (χ4v) is 9.61. The molecule has 0 fully saturated rings. The van der Waals surface area contributed by atoms with Crippen LogP contribution < -0.4 is 0 Å². The minimum atomic E-state index is -0.384. The van der Waals surface area contributed by atoms with E-state index in [1.165, 1.54) is 54.3 Å². The van der Waals surface area contributed by atoms with Crippen LogP contribution in [0.4, 0.5) is 0 Å². The first-order valence-electron chi connectivity index (χ1n) is 16.8. The average Bonchev–Trinajstić information content (AvgIpc) is 3.66. The molecule has 1 spiro atoms. The summed E-state index contributed by atoms with van der Waals surface area (Å²) in [5.41, 5.74) is 16.3. The number of pyridine rings is 1. The van der Waals surface area contributed by atoms with E-state index in [4.69, 9.17) is 9.97 Å². The Hall–Kier alpha value is -5.71. The zero-order valence-electron chi connectivity index (χ0n) is 27.2. The summed E-state index contributed by atoms with van der Waals surface area (Å²) in [7, 11) is 0. The van der Waals surface area contributed by atoms with Crippen molar-refractivity contribution >= 4 is 22.8 Å². The van der Waals surface area contributed by atoms with Gasteiger partial charge in [-0.1, -0.05) is 121 Å². The summed E-state index contributed by atoms with van der Waals surface area (Å²) in [5, 5.41) is 0. The second-order valence-corrected chi connectivity index (χ2v) is 14.1. The van der Waals surface area contributed by atoms with Crippen molar-refractivity contribution in [1.29, 1.82) is 0 Å². The summed E-state index contributed by atoms with van der Waals surface area (Å²) in [6.45, 7) is 4.10. The van der Waals surface area contributed by atoms with Gasteiger partial charge in [-0.25, -0.2) is 4.98 Å². The Balaban J connectivity index is 1.16. The second kappa shape index (κ2) is 10.6. The number of imidazole rings is 1. The van der Waals surface area contributed by atoms with Gasteiger partial charge in [-0.05, 0) is 101 Å². The smallest absolute Gasteiger partial charge is 0.147 e. The third-order valence-corrected chi connectivity index (χ3v) is 11.6. The van der Waals surface area contributed by atoms with Crippen molar-refractivity contribution in [1.82, 2.24) is 14.5 Å². The highest BCUT2D eigenvalue weighted by atomic mass is 32.2. The average molecular weight is 646 g/mol. The third kappa shape index (κ3) is 3.98. The number of fused-ring (bicyclic) bond motifs is 10. The molecule has 0 amide bonds. The maximum absolute atomic E-state index is 5.11. The van der Waals surface area contributed by atoms with Gasteiger partial charge in [0.25, 0.3) is 0 Å². The molecule has 0 radical (unpaired) electrons. The van der Waals surface area contributed by atoms with Crippen molar-refractivity contribution in [3.63, 3.8) is 0 Å². The highest BCUT2D eigenvalue weighted by Crippen LogP contribution is 2.63. The molecule has 1 aliphatic carbocycles. The van der Waals surface area contributed by atoms with Gasteiger partial charge in [-0.15, -0.1) is 0 Å². The standard InChI is InChI=1S/C45H31N3S/c1-28-22-27-32(29(2)46-28)44-47-40-19-8-9-20-41(40)48(44)31-25-23-30(24-26-31)33-14-11-18-39-43(33)49-42-21-10-7-17-38(42)45(39)36-15-5-3-12-34(36)35-13-4-6-16-37(35)45/h3-27H,1-2H3. The molecule has 6 aromatic carbocycles. The van der Waals surface area contributed by atoms with E-state index >= 15 is 0 Å². The van der Waals surface area contributed by atoms with Crippen LogP contribution in [0, 0.1) is 13.8 Å². The Morgan fingerprint density at radius 2 is 1.14 bits per heavy atom. The molecule has 1 aliphatic heterocycles. The van der Waals surface area contributed by atoms with E-state index in [1.807, 2.05) is 18.7 Å². The lowest BCUT2D eigenvalue weighted by molar-refractivity contribution is 0.723. The Morgan fingerprint density at radius 1 is 0.510 bits per heavy atom. The molecule has 0 N–H and O–H groups in total. The Morgan fingerprint density at radius 3 is 1.90 bits per heavy atom. The molecule has 0 saturated heterocycles. The largest absolute Gasteiger partial charge is 0.292 e. The zero-order chi connectivity index (χ0) is 32.7. The molecule has 4 heteroatoms. The van der Waals surface area contributed by atoms with Gasteiger partial charge in [0.15, 0.2) is 0 Å². The predicted octanol–water partition coefficient (Wildman–Crippen LogP) is 11.2. The maximum atomic E-state index is 5.11. The minimum Gasteiger partial charge on any atom is -0.292 e. The van der Waals surface area contributed by atoms with Gasteiger partial charge in [-0.3, -0.25) is 9.55 Å². The van der Waals surface area contributed by atoms with Gasteiger partial charge >= 0.3 is 0 Å². The van der Waals surface area contributed by atoms with Crippen LogP contribution in [0.5, 0.6) is 0 Å². The van der Waals surface area contributed by atoms with Gasteiger partial charge in [0.1, 0.15) is 5.82 Å². The molecule has 2 aliphatic rings. The van der Waals surface area contributed by atoms with Crippen molar-refractivity contribution in [2.24, 2.45) is 0 Å². The maximum Gasteiger partial charge on any atom is 0.147 e. The molecule has 0 bridgehead atoms. The summed E-state index contributed by atoms with van der Waals surface area (Å²) >= 11 is 1.90. The Labute approximate surface area is 290 Å². The lowest BCUT2D eigenvalue weighted by Crippen LogP contribution is -2.32. The zero-order valence-corrected chi connectivity index (χ0v) is 28.0. The van der Waals surface area contributed by atoms with Crippen molar-refractivity contribution in [2.45, 2.75) is 29.1 Å².